The second-order valence-corrected chi connectivity index (χ2v) is 8.84. The number of amides is 2. The second kappa shape index (κ2) is 9.26. The van der Waals surface area contributed by atoms with Crippen molar-refractivity contribution in [2.75, 3.05) is 26.2 Å². The van der Waals surface area contributed by atoms with Crippen LogP contribution in [-0.4, -0.2) is 65.0 Å². The number of carbonyl (C=O) groups excluding carboxylic acids is 2. The molecule has 0 radical (unpaired) electrons. The van der Waals surface area contributed by atoms with Crippen LogP contribution in [0.25, 0.3) is 0 Å². The van der Waals surface area contributed by atoms with E-state index in [1.807, 2.05) is 4.90 Å². The van der Waals surface area contributed by atoms with E-state index in [1.54, 1.807) is 0 Å². The molecule has 2 N–H and O–H groups in total. The summed E-state index contributed by atoms with van der Waals surface area (Å²) in [4.78, 5) is 29.3. The Hall–Kier alpha value is -1.92. The summed E-state index contributed by atoms with van der Waals surface area (Å²) < 4.78 is 0. The standard InChI is InChI=1S/C23H33N3O3/c27-12-10-22(28)24-14-21-8-7-20(26(21)15-17-5-6-17)13-23(29)25-11-9-18-3-1-2-4-19(18)16-25/h1-4,17,20-21,27H,5-16H2,(H,24,28)/t20-,21+/m1/s1. The van der Waals surface area contributed by atoms with Gasteiger partial charge in [0, 0.05) is 51.1 Å². The van der Waals surface area contributed by atoms with Gasteiger partial charge in [-0.25, -0.2) is 0 Å². The van der Waals surface area contributed by atoms with Gasteiger partial charge in [0.05, 0.1) is 6.61 Å². The van der Waals surface area contributed by atoms with Crippen molar-refractivity contribution in [3.8, 4) is 0 Å². The molecule has 2 amide bonds. The molecule has 1 aromatic carbocycles. The van der Waals surface area contributed by atoms with Gasteiger partial charge < -0.3 is 15.3 Å². The Bertz CT molecular complexity index is 734. The summed E-state index contributed by atoms with van der Waals surface area (Å²) in [6.45, 7) is 3.09. The summed E-state index contributed by atoms with van der Waals surface area (Å²) in [7, 11) is 0. The maximum atomic E-state index is 13.1. The number of fused-ring (bicyclic) bond motifs is 1. The van der Waals surface area contributed by atoms with E-state index in [1.165, 1.54) is 24.0 Å². The number of aliphatic hydroxyl groups is 1. The highest BCUT2D eigenvalue weighted by Gasteiger charge is 2.38. The van der Waals surface area contributed by atoms with Crippen LogP contribution in [0.4, 0.5) is 0 Å². The van der Waals surface area contributed by atoms with Gasteiger partial charge in [0.25, 0.3) is 0 Å². The number of hydrogen-bond acceptors (Lipinski definition) is 4. The zero-order valence-electron chi connectivity index (χ0n) is 17.2. The van der Waals surface area contributed by atoms with Gasteiger partial charge in [-0.1, -0.05) is 24.3 Å². The Kier molecular flexibility index (Phi) is 6.50. The van der Waals surface area contributed by atoms with Crippen LogP contribution < -0.4 is 5.32 Å². The van der Waals surface area contributed by atoms with Crippen LogP contribution in [0.2, 0.25) is 0 Å². The Morgan fingerprint density at radius 1 is 1.07 bits per heavy atom. The highest BCUT2D eigenvalue weighted by Crippen LogP contribution is 2.35. The van der Waals surface area contributed by atoms with Crippen molar-refractivity contribution >= 4 is 11.8 Å². The maximum Gasteiger partial charge on any atom is 0.224 e. The van der Waals surface area contributed by atoms with E-state index in [4.69, 9.17) is 5.11 Å². The Labute approximate surface area is 173 Å². The van der Waals surface area contributed by atoms with E-state index in [0.29, 0.717) is 19.0 Å². The molecule has 0 unspecified atom stereocenters. The summed E-state index contributed by atoms with van der Waals surface area (Å²) in [6, 6.07) is 9.01. The molecule has 2 fully saturated rings. The minimum absolute atomic E-state index is 0.0922. The first-order chi connectivity index (χ1) is 14.1. The first-order valence-corrected chi connectivity index (χ1v) is 11.1. The van der Waals surface area contributed by atoms with Crippen LogP contribution in [0.1, 0.15) is 49.7 Å². The number of benzene rings is 1. The van der Waals surface area contributed by atoms with Crippen molar-refractivity contribution < 1.29 is 14.7 Å². The Morgan fingerprint density at radius 2 is 1.83 bits per heavy atom. The van der Waals surface area contributed by atoms with Crippen LogP contribution in [0.15, 0.2) is 24.3 Å². The lowest BCUT2D eigenvalue weighted by Gasteiger charge is -2.33. The molecule has 0 bridgehead atoms. The summed E-state index contributed by atoms with van der Waals surface area (Å²) >= 11 is 0. The molecule has 158 valence electrons. The molecule has 4 rings (SSSR count). The summed E-state index contributed by atoms with van der Waals surface area (Å²) in [5.41, 5.74) is 2.64. The summed E-state index contributed by atoms with van der Waals surface area (Å²) in [5.74, 6) is 0.920. The summed E-state index contributed by atoms with van der Waals surface area (Å²) in [6.07, 6.45) is 6.28. The van der Waals surface area contributed by atoms with Crippen molar-refractivity contribution in [3.05, 3.63) is 35.4 Å². The average Bonchev–Trinajstić information content (AvgIpc) is 3.48. The van der Waals surface area contributed by atoms with Crippen LogP contribution >= 0.6 is 0 Å². The molecule has 3 aliphatic rings. The van der Waals surface area contributed by atoms with Gasteiger partial charge in [-0.15, -0.1) is 0 Å². The average molecular weight is 400 g/mol. The van der Waals surface area contributed by atoms with Crippen LogP contribution in [0.3, 0.4) is 0 Å². The topological polar surface area (TPSA) is 72.9 Å². The number of likely N-dealkylation sites (tertiary alicyclic amines) is 1. The van der Waals surface area contributed by atoms with Crippen molar-refractivity contribution in [2.24, 2.45) is 5.92 Å². The van der Waals surface area contributed by atoms with E-state index >= 15 is 0 Å². The molecule has 2 atom stereocenters. The first kappa shape index (κ1) is 20.4. The zero-order valence-corrected chi connectivity index (χ0v) is 17.2. The molecule has 1 aliphatic carbocycles. The molecule has 1 saturated carbocycles. The van der Waals surface area contributed by atoms with E-state index < -0.39 is 0 Å². The molecule has 6 nitrogen and oxygen atoms in total. The largest absolute Gasteiger partial charge is 0.396 e. The number of aliphatic hydroxyl groups excluding tert-OH is 1. The van der Waals surface area contributed by atoms with Gasteiger partial charge in [0.2, 0.25) is 11.8 Å². The summed E-state index contributed by atoms with van der Waals surface area (Å²) in [5, 5.41) is 11.9. The molecular formula is C23H33N3O3. The fourth-order valence-electron chi connectivity index (χ4n) is 4.81. The smallest absolute Gasteiger partial charge is 0.224 e. The third-order valence-corrected chi connectivity index (χ3v) is 6.70. The lowest BCUT2D eigenvalue weighted by atomic mass is 9.99. The fraction of sp³-hybridized carbons (Fsp3) is 0.652. The number of nitrogens with one attached hydrogen (secondary N) is 1. The number of hydrogen-bond donors (Lipinski definition) is 2. The predicted octanol–water partition coefficient (Wildman–Crippen LogP) is 1.70. The maximum absolute atomic E-state index is 13.1. The van der Waals surface area contributed by atoms with Gasteiger partial charge in [-0.3, -0.25) is 14.5 Å². The lowest BCUT2D eigenvalue weighted by Crippen LogP contribution is -2.46. The first-order valence-electron chi connectivity index (χ1n) is 11.1. The van der Waals surface area contributed by atoms with E-state index in [0.717, 1.165) is 44.8 Å². The number of rotatable bonds is 8. The quantitative estimate of drug-likeness (QED) is 0.698. The van der Waals surface area contributed by atoms with Crippen molar-refractivity contribution in [1.82, 2.24) is 15.1 Å². The highest BCUT2D eigenvalue weighted by molar-refractivity contribution is 5.77. The molecule has 6 heteroatoms. The fourth-order valence-corrected chi connectivity index (χ4v) is 4.81. The van der Waals surface area contributed by atoms with Gasteiger partial charge in [0.15, 0.2) is 0 Å². The monoisotopic (exact) mass is 399 g/mol. The third-order valence-electron chi connectivity index (χ3n) is 6.70. The minimum Gasteiger partial charge on any atom is -0.396 e. The van der Waals surface area contributed by atoms with Gasteiger partial charge >= 0.3 is 0 Å². The molecule has 0 spiro atoms. The van der Waals surface area contributed by atoms with Crippen LogP contribution in [0, 0.1) is 5.92 Å². The van der Waals surface area contributed by atoms with Gasteiger partial charge in [-0.05, 0) is 49.1 Å². The molecule has 1 aromatic rings. The van der Waals surface area contributed by atoms with Gasteiger partial charge in [0.1, 0.15) is 0 Å². The molecule has 29 heavy (non-hydrogen) atoms. The minimum atomic E-state index is -0.113. The lowest BCUT2D eigenvalue weighted by molar-refractivity contribution is -0.133. The zero-order chi connectivity index (χ0) is 20.2. The molecular weight excluding hydrogens is 366 g/mol. The Balaban J connectivity index is 1.34. The molecule has 2 aliphatic heterocycles. The van der Waals surface area contributed by atoms with E-state index in [-0.39, 0.29) is 30.9 Å². The third kappa shape index (κ3) is 5.17. The van der Waals surface area contributed by atoms with Crippen molar-refractivity contribution in [2.45, 2.75) is 63.6 Å². The van der Waals surface area contributed by atoms with Crippen LogP contribution in [-0.2, 0) is 22.6 Å². The second-order valence-electron chi connectivity index (χ2n) is 8.84. The van der Waals surface area contributed by atoms with Crippen molar-refractivity contribution in [1.29, 1.82) is 0 Å². The normalized spacial score (nSPS) is 24.4. The predicted molar refractivity (Wildman–Crippen MR) is 111 cm³/mol. The number of carbonyl (C=O) groups is 2. The Morgan fingerprint density at radius 3 is 2.59 bits per heavy atom. The molecule has 0 aromatic heterocycles. The SMILES string of the molecule is O=C(CCO)NC[C@@H]1CC[C@H](CC(=O)N2CCc3ccccc3C2)N1CC1CC1. The van der Waals surface area contributed by atoms with E-state index in [9.17, 15) is 9.59 Å². The number of nitrogens with zero attached hydrogens (tertiary/aromatic N) is 2. The van der Waals surface area contributed by atoms with Crippen LogP contribution in [0.5, 0.6) is 0 Å². The van der Waals surface area contributed by atoms with Crippen molar-refractivity contribution in [3.63, 3.8) is 0 Å². The van der Waals surface area contributed by atoms with E-state index in [2.05, 4.69) is 34.5 Å². The molecule has 2 heterocycles. The van der Waals surface area contributed by atoms with Gasteiger partial charge in [-0.2, -0.15) is 0 Å². The molecule has 1 saturated heterocycles. The highest BCUT2D eigenvalue weighted by atomic mass is 16.3.